The van der Waals surface area contributed by atoms with Gasteiger partial charge in [0.15, 0.2) is 0 Å². The third-order valence-corrected chi connectivity index (χ3v) is 3.17. The maximum Gasteiger partial charge on any atom is 0.106 e. The first-order valence-corrected chi connectivity index (χ1v) is 6.14. The summed E-state index contributed by atoms with van der Waals surface area (Å²) in [6.07, 6.45) is 0. The number of thiazole rings is 1. The number of aromatic nitrogens is 1. The molecule has 0 amide bonds. The van der Waals surface area contributed by atoms with Crippen molar-refractivity contribution < 1.29 is 0 Å². The molecule has 16 heavy (non-hydrogen) atoms. The minimum absolute atomic E-state index is 0.531. The van der Waals surface area contributed by atoms with Crippen LogP contribution in [-0.4, -0.2) is 4.98 Å². The van der Waals surface area contributed by atoms with E-state index in [-0.39, 0.29) is 0 Å². The molecule has 84 valence electrons. The van der Waals surface area contributed by atoms with E-state index in [4.69, 9.17) is 5.73 Å². The summed E-state index contributed by atoms with van der Waals surface area (Å²) in [6.45, 7) is 2.20. The molecule has 0 radical (unpaired) electrons. The highest BCUT2D eigenvalue weighted by molar-refractivity contribution is 7.09. The van der Waals surface area contributed by atoms with Crippen LogP contribution in [0.2, 0.25) is 0 Å². The molecule has 2 aromatic rings. The summed E-state index contributed by atoms with van der Waals surface area (Å²) in [6, 6.07) is 10.3. The lowest BCUT2D eigenvalue weighted by molar-refractivity contribution is 0.680. The van der Waals surface area contributed by atoms with E-state index in [0.717, 1.165) is 23.8 Å². The second-order valence-electron chi connectivity index (χ2n) is 3.53. The van der Waals surface area contributed by atoms with Gasteiger partial charge in [-0.3, -0.25) is 0 Å². The molecule has 0 saturated heterocycles. The van der Waals surface area contributed by atoms with E-state index in [1.165, 1.54) is 5.56 Å². The molecule has 0 spiro atoms. The Morgan fingerprint density at radius 3 is 2.69 bits per heavy atom. The molecule has 1 heterocycles. The fraction of sp³-hybridized carbons (Fsp3) is 0.250. The molecular formula is C12H15N3S. The van der Waals surface area contributed by atoms with Crippen molar-refractivity contribution in [1.82, 2.24) is 10.3 Å². The van der Waals surface area contributed by atoms with E-state index in [2.05, 4.69) is 27.8 Å². The molecule has 0 aliphatic carbocycles. The van der Waals surface area contributed by atoms with Gasteiger partial charge in [-0.2, -0.15) is 0 Å². The number of hydrogen-bond acceptors (Lipinski definition) is 4. The SMILES string of the molecule is NCc1nc(CNCc2ccccc2)cs1. The average Bonchev–Trinajstić information content (AvgIpc) is 2.78. The van der Waals surface area contributed by atoms with E-state index in [1.54, 1.807) is 11.3 Å². The molecule has 1 aromatic heterocycles. The Labute approximate surface area is 99.3 Å². The fourth-order valence-electron chi connectivity index (χ4n) is 1.45. The summed E-state index contributed by atoms with van der Waals surface area (Å²) in [5, 5.41) is 6.41. The lowest BCUT2D eigenvalue weighted by atomic mass is 10.2. The molecule has 0 bridgehead atoms. The summed E-state index contributed by atoms with van der Waals surface area (Å²) >= 11 is 1.62. The quantitative estimate of drug-likeness (QED) is 0.829. The van der Waals surface area contributed by atoms with Crippen LogP contribution in [0.4, 0.5) is 0 Å². The molecule has 0 atom stereocenters. The Morgan fingerprint density at radius 2 is 2.00 bits per heavy atom. The van der Waals surface area contributed by atoms with Crippen LogP contribution < -0.4 is 11.1 Å². The van der Waals surface area contributed by atoms with Gasteiger partial charge in [-0.15, -0.1) is 11.3 Å². The van der Waals surface area contributed by atoms with Gasteiger partial charge in [0, 0.05) is 25.0 Å². The first-order valence-electron chi connectivity index (χ1n) is 5.26. The van der Waals surface area contributed by atoms with E-state index < -0.39 is 0 Å². The van der Waals surface area contributed by atoms with Crippen LogP contribution in [0.25, 0.3) is 0 Å². The minimum atomic E-state index is 0.531. The zero-order chi connectivity index (χ0) is 11.2. The maximum atomic E-state index is 5.51. The van der Waals surface area contributed by atoms with E-state index >= 15 is 0 Å². The van der Waals surface area contributed by atoms with E-state index in [0.29, 0.717) is 6.54 Å². The third kappa shape index (κ3) is 3.13. The normalized spacial score (nSPS) is 10.6. The third-order valence-electron chi connectivity index (χ3n) is 2.25. The summed E-state index contributed by atoms with van der Waals surface area (Å²) in [7, 11) is 0. The Kier molecular flexibility index (Phi) is 4.04. The van der Waals surface area contributed by atoms with Crippen molar-refractivity contribution in [2.24, 2.45) is 5.73 Å². The van der Waals surface area contributed by atoms with Crippen molar-refractivity contribution in [2.75, 3.05) is 0 Å². The van der Waals surface area contributed by atoms with Crippen molar-refractivity contribution in [3.8, 4) is 0 Å². The lowest BCUT2D eigenvalue weighted by Gasteiger charge is -2.02. The molecule has 3 N–H and O–H groups in total. The highest BCUT2D eigenvalue weighted by Gasteiger charge is 1.99. The summed E-state index contributed by atoms with van der Waals surface area (Å²) in [4.78, 5) is 4.39. The molecule has 3 nitrogen and oxygen atoms in total. The summed E-state index contributed by atoms with van der Waals surface area (Å²) < 4.78 is 0. The highest BCUT2D eigenvalue weighted by atomic mass is 32.1. The fourth-order valence-corrected chi connectivity index (χ4v) is 2.13. The number of nitrogens with one attached hydrogen (secondary N) is 1. The van der Waals surface area contributed by atoms with Gasteiger partial charge in [0.05, 0.1) is 5.69 Å². The van der Waals surface area contributed by atoms with Gasteiger partial charge < -0.3 is 11.1 Å². The maximum absolute atomic E-state index is 5.51. The monoisotopic (exact) mass is 233 g/mol. The standard InChI is InChI=1S/C12H15N3S/c13-6-12-15-11(9-16-12)8-14-7-10-4-2-1-3-5-10/h1-5,9,14H,6-8,13H2. The van der Waals surface area contributed by atoms with Crippen molar-refractivity contribution in [3.05, 3.63) is 52.0 Å². The molecule has 0 unspecified atom stereocenters. The van der Waals surface area contributed by atoms with Crippen molar-refractivity contribution >= 4 is 11.3 Å². The largest absolute Gasteiger partial charge is 0.325 e. The second kappa shape index (κ2) is 5.75. The number of nitrogens with zero attached hydrogens (tertiary/aromatic N) is 1. The van der Waals surface area contributed by atoms with Gasteiger partial charge in [0.2, 0.25) is 0 Å². The molecule has 0 saturated carbocycles. The van der Waals surface area contributed by atoms with Gasteiger partial charge in [-0.25, -0.2) is 4.98 Å². The second-order valence-corrected chi connectivity index (χ2v) is 4.47. The lowest BCUT2D eigenvalue weighted by Crippen LogP contribution is -2.12. The smallest absolute Gasteiger partial charge is 0.106 e. The summed E-state index contributed by atoms with van der Waals surface area (Å²) in [5.41, 5.74) is 7.87. The zero-order valence-corrected chi connectivity index (χ0v) is 9.83. The van der Waals surface area contributed by atoms with E-state index in [1.807, 2.05) is 18.2 Å². The minimum Gasteiger partial charge on any atom is -0.325 e. The Hall–Kier alpha value is -1.23. The average molecular weight is 233 g/mol. The van der Waals surface area contributed by atoms with E-state index in [9.17, 15) is 0 Å². The number of hydrogen-bond donors (Lipinski definition) is 2. The van der Waals surface area contributed by atoms with Gasteiger partial charge in [-0.1, -0.05) is 30.3 Å². The van der Waals surface area contributed by atoms with Gasteiger partial charge in [0.1, 0.15) is 5.01 Å². The highest BCUT2D eigenvalue weighted by Crippen LogP contribution is 2.08. The zero-order valence-electron chi connectivity index (χ0n) is 9.02. The van der Waals surface area contributed by atoms with Crippen LogP contribution in [0, 0.1) is 0 Å². The van der Waals surface area contributed by atoms with Gasteiger partial charge in [-0.05, 0) is 5.56 Å². The number of benzene rings is 1. The van der Waals surface area contributed by atoms with Crippen LogP contribution in [0.3, 0.4) is 0 Å². The Bertz CT molecular complexity index is 425. The van der Waals surface area contributed by atoms with Crippen molar-refractivity contribution in [1.29, 1.82) is 0 Å². The topological polar surface area (TPSA) is 50.9 Å². The molecule has 4 heteroatoms. The number of nitrogens with two attached hydrogens (primary N) is 1. The Balaban J connectivity index is 1.80. The molecule has 2 rings (SSSR count). The predicted molar refractivity (Wildman–Crippen MR) is 67.0 cm³/mol. The molecule has 1 aromatic carbocycles. The molecule has 0 fully saturated rings. The van der Waals surface area contributed by atoms with Crippen LogP contribution in [0.15, 0.2) is 35.7 Å². The molecule has 0 aliphatic rings. The first-order chi connectivity index (χ1) is 7.88. The molecular weight excluding hydrogens is 218 g/mol. The van der Waals surface area contributed by atoms with Crippen molar-refractivity contribution in [2.45, 2.75) is 19.6 Å². The summed E-state index contributed by atoms with van der Waals surface area (Å²) in [5.74, 6) is 0. The van der Waals surface area contributed by atoms with Crippen molar-refractivity contribution in [3.63, 3.8) is 0 Å². The van der Waals surface area contributed by atoms with Crippen LogP contribution in [-0.2, 0) is 19.6 Å². The van der Waals surface area contributed by atoms with Crippen LogP contribution in [0.5, 0.6) is 0 Å². The molecule has 0 aliphatic heterocycles. The van der Waals surface area contributed by atoms with Gasteiger partial charge >= 0.3 is 0 Å². The predicted octanol–water partition coefficient (Wildman–Crippen LogP) is 1.89. The first kappa shape index (κ1) is 11.3. The van der Waals surface area contributed by atoms with Gasteiger partial charge in [0.25, 0.3) is 0 Å². The van der Waals surface area contributed by atoms with Crippen LogP contribution in [0.1, 0.15) is 16.3 Å². The Morgan fingerprint density at radius 1 is 1.19 bits per heavy atom. The van der Waals surface area contributed by atoms with Crippen LogP contribution >= 0.6 is 11.3 Å². The number of rotatable bonds is 5.